The summed E-state index contributed by atoms with van der Waals surface area (Å²) in [7, 11) is 0. The topological polar surface area (TPSA) is 234 Å². The molecule has 94 heavy (non-hydrogen) atoms. The molecule has 1 heterocycles. The zero-order valence-corrected chi connectivity index (χ0v) is 50.7. The van der Waals surface area contributed by atoms with E-state index >= 15 is 4.79 Å². The second kappa shape index (κ2) is 31.6. The van der Waals surface area contributed by atoms with Gasteiger partial charge in [-0.1, -0.05) is 212 Å². The number of rotatable bonds is 28. The number of hydrogen-bond donors (Lipinski definition) is 4. The summed E-state index contributed by atoms with van der Waals surface area (Å²) in [5.41, 5.74) is 4.53. The highest BCUT2D eigenvalue weighted by Crippen LogP contribution is 2.43. The molecule has 4 N–H and O–H groups in total. The van der Waals surface area contributed by atoms with E-state index in [1.807, 2.05) is 140 Å². The van der Waals surface area contributed by atoms with Gasteiger partial charge in [0.1, 0.15) is 51.8 Å². The lowest BCUT2D eigenvalue weighted by atomic mass is 9.97. The lowest BCUT2D eigenvalue weighted by Gasteiger charge is -2.44. The summed E-state index contributed by atoms with van der Waals surface area (Å²) in [5.74, 6) is -5.71. The van der Waals surface area contributed by atoms with Gasteiger partial charge in [-0.05, 0) is 75.3 Å². The van der Waals surface area contributed by atoms with Crippen LogP contribution in [-0.4, -0.2) is 75.6 Å². The van der Waals surface area contributed by atoms with E-state index in [1.165, 1.54) is 12.1 Å². The van der Waals surface area contributed by atoms with Gasteiger partial charge >= 0.3 is 17.9 Å². The number of esters is 3. The zero-order chi connectivity index (χ0) is 65.0. The smallest absolute Gasteiger partial charge is 0.340 e. The Hall–Kier alpha value is -11.3. The first-order chi connectivity index (χ1) is 46.0. The summed E-state index contributed by atoms with van der Waals surface area (Å²) in [6.07, 6.45) is -8.00. The van der Waals surface area contributed by atoms with Crippen molar-refractivity contribution in [3.63, 3.8) is 0 Å². The molecule has 0 bridgehead atoms. The van der Waals surface area contributed by atoms with Crippen molar-refractivity contribution >= 4 is 17.9 Å². The molecule has 1 saturated heterocycles. The van der Waals surface area contributed by atoms with Crippen LogP contribution in [0.5, 0.6) is 51.7 Å². The third-order valence-electron chi connectivity index (χ3n) is 15.0. The zero-order valence-electron chi connectivity index (χ0n) is 50.7. The molecule has 0 aromatic heterocycles. The first kappa shape index (κ1) is 64.2. The molecule has 10 aromatic carbocycles. The molecule has 0 aliphatic carbocycles. The van der Waals surface area contributed by atoms with E-state index in [4.69, 9.17) is 52.1 Å². The Morgan fingerprint density at radius 2 is 0.617 bits per heavy atom. The normalized spacial score (nSPS) is 15.8. The molecule has 1 aliphatic heterocycles. The molecule has 18 nitrogen and oxygen atoms in total. The largest absolute Gasteiger partial charge is 0.504 e. The Bertz CT molecular complexity index is 3980. The van der Waals surface area contributed by atoms with Gasteiger partial charge in [0.05, 0.1) is 29.9 Å². The van der Waals surface area contributed by atoms with Crippen LogP contribution >= 0.6 is 0 Å². The molecular formula is C76H66O18. The van der Waals surface area contributed by atoms with Crippen LogP contribution < -0.4 is 23.7 Å². The van der Waals surface area contributed by atoms with Crippen molar-refractivity contribution < 1.29 is 86.9 Å². The Balaban J connectivity index is 0.970. The molecule has 0 spiro atoms. The van der Waals surface area contributed by atoms with Crippen molar-refractivity contribution in [1.82, 2.24) is 0 Å². The molecular weight excluding hydrogens is 1200 g/mol. The van der Waals surface area contributed by atoms with Crippen LogP contribution in [0.15, 0.2) is 249 Å². The van der Waals surface area contributed by atoms with Crippen molar-refractivity contribution in [3.8, 4) is 51.7 Å². The highest BCUT2D eigenvalue weighted by Gasteiger charge is 2.52. The van der Waals surface area contributed by atoms with Crippen molar-refractivity contribution in [2.45, 2.75) is 77.0 Å². The van der Waals surface area contributed by atoms with Gasteiger partial charge in [0.25, 0.3) is 0 Å². The second-order valence-electron chi connectivity index (χ2n) is 21.8. The molecule has 1 aliphatic rings. The maximum Gasteiger partial charge on any atom is 0.340 e. The predicted molar refractivity (Wildman–Crippen MR) is 343 cm³/mol. The second-order valence-corrected chi connectivity index (χ2v) is 21.8. The summed E-state index contributed by atoms with van der Waals surface area (Å²) >= 11 is 0. The third kappa shape index (κ3) is 17.2. The van der Waals surface area contributed by atoms with Gasteiger partial charge in [0.2, 0.25) is 23.5 Å². The van der Waals surface area contributed by atoms with E-state index in [0.717, 1.165) is 52.1 Å². The molecule has 5 atom stereocenters. The molecule has 0 amide bonds. The summed E-state index contributed by atoms with van der Waals surface area (Å²) < 4.78 is 70.1. The Kier molecular flexibility index (Phi) is 21.6. The van der Waals surface area contributed by atoms with Gasteiger partial charge in [0, 0.05) is 0 Å². The lowest BCUT2D eigenvalue weighted by molar-refractivity contribution is -0.304. The predicted octanol–water partition coefficient (Wildman–Crippen LogP) is 13.5. The molecule has 18 heteroatoms. The first-order valence-electron chi connectivity index (χ1n) is 30.2. The minimum Gasteiger partial charge on any atom is -0.504 e. The number of hydrogen-bond acceptors (Lipinski definition) is 18. The van der Waals surface area contributed by atoms with Crippen molar-refractivity contribution in [2.75, 3.05) is 6.61 Å². The minimum atomic E-state index is -1.78. The van der Waals surface area contributed by atoms with Crippen molar-refractivity contribution in [3.05, 3.63) is 304 Å². The van der Waals surface area contributed by atoms with Gasteiger partial charge in [0.15, 0.2) is 46.7 Å². The van der Waals surface area contributed by atoms with Crippen LogP contribution in [0.3, 0.4) is 0 Å². The molecule has 0 saturated carbocycles. The molecule has 1 fully saturated rings. The van der Waals surface area contributed by atoms with Crippen LogP contribution in [0.1, 0.15) is 70.0 Å². The Labute approximate surface area is 542 Å². The van der Waals surface area contributed by atoms with E-state index < -0.39 is 78.2 Å². The first-order valence-corrected chi connectivity index (χ1v) is 30.2. The average Bonchev–Trinajstić information content (AvgIpc) is 0.816. The number of phenols is 4. The van der Waals surface area contributed by atoms with E-state index in [9.17, 15) is 30.0 Å². The van der Waals surface area contributed by atoms with Crippen molar-refractivity contribution in [1.29, 1.82) is 0 Å². The van der Waals surface area contributed by atoms with Crippen LogP contribution in [0, 0.1) is 0 Å². The number of phenolic OH excluding ortho intramolecular Hbond substituents is 4. The van der Waals surface area contributed by atoms with E-state index in [1.54, 1.807) is 72.8 Å². The van der Waals surface area contributed by atoms with Gasteiger partial charge in [-0.3, -0.25) is 0 Å². The number of carbonyl (C=O) groups excluding carboxylic acids is 3. The number of carbonyl (C=O) groups is 3. The fraction of sp³-hybridized carbons (Fsp3) is 0.171. The fourth-order valence-electron chi connectivity index (χ4n) is 10.2. The summed E-state index contributed by atoms with van der Waals surface area (Å²) in [6.45, 7) is -0.919. The van der Waals surface area contributed by atoms with Gasteiger partial charge in [-0.15, -0.1) is 0 Å². The maximum atomic E-state index is 15.4. The van der Waals surface area contributed by atoms with E-state index in [2.05, 4.69) is 0 Å². The highest BCUT2D eigenvalue weighted by molar-refractivity contribution is 5.93. The quantitative estimate of drug-likeness (QED) is 0.0264. The average molecular weight is 1270 g/mol. The van der Waals surface area contributed by atoms with Gasteiger partial charge < -0.3 is 72.5 Å². The van der Waals surface area contributed by atoms with Crippen LogP contribution in [0.4, 0.5) is 0 Å². The number of benzene rings is 10. The maximum absolute atomic E-state index is 15.4. The van der Waals surface area contributed by atoms with Gasteiger partial charge in [-0.2, -0.15) is 0 Å². The standard InChI is InChI=1S/C76H66O18/c77-60-36-57(37-61(78)67(60)86-44-52-26-12-3-13-27-52)73(81)91-49-66-70(93-74(82)58-38-62(79)68(63(80)39-58)87-45-53-28-14-4-15-29-53)71(89-47-55-32-18-6-19-33-55)72(90-48-56-34-20-7-21-35-56)76(92-66)94-75(83)59-40-64(84-42-50-22-8-1-9-23-50)69(88-46-54-30-16-5-17-31-54)65(41-59)85-43-51-24-10-2-11-25-51/h1-41,66,70-72,76-80H,42-49H2/t66-,70-,71+,72-,76-/m1/s1. The third-order valence-corrected chi connectivity index (χ3v) is 15.0. The van der Waals surface area contributed by atoms with E-state index in [0.29, 0.717) is 11.1 Å². The minimum absolute atomic E-state index is 0.0213. The van der Waals surface area contributed by atoms with Crippen LogP contribution in [0.25, 0.3) is 0 Å². The molecule has 11 rings (SSSR count). The SMILES string of the molecule is O=C(OC[C@H]1O[C@H](OC(=O)c2cc(OCc3ccccc3)c(OCc3ccccc3)c(OCc3ccccc3)c2)[C@H](OCc2ccccc2)[C@@H](OCc2ccccc2)[C@@H]1OC(=O)c1cc(O)c(OCc2ccccc2)c(O)c1)c1cc(O)c(OCc2ccccc2)c(O)c1. The molecule has 478 valence electrons. The molecule has 10 aromatic rings. The summed E-state index contributed by atoms with van der Waals surface area (Å²) in [5, 5.41) is 44.9. The number of ether oxygens (including phenoxy) is 11. The Morgan fingerprint density at radius 1 is 0.319 bits per heavy atom. The lowest BCUT2D eigenvalue weighted by Crippen LogP contribution is -2.62. The van der Waals surface area contributed by atoms with Gasteiger partial charge in [-0.25, -0.2) is 14.4 Å². The fourth-order valence-corrected chi connectivity index (χ4v) is 10.2. The number of aromatic hydroxyl groups is 4. The van der Waals surface area contributed by atoms with Crippen LogP contribution in [0.2, 0.25) is 0 Å². The molecule has 0 radical (unpaired) electrons. The van der Waals surface area contributed by atoms with Crippen molar-refractivity contribution in [2.24, 2.45) is 0 Å². The highest BCUT2D eigenvalue weighted by atomic mass is 16.7. The van der Waals surface area contributed by atoms with Crippen LogP contribution in [-0.2, 0) is 74.7 Å². The monoisotopic (exact) mass is 1270 g/mol. The molecule has 0 unspecified atom stereocenters. The van der Waals surface area contributed by atoms with E-state index in [-0.39, 0.29) is 91.7 Å². The summed E-state index contributed by atoms with van der Waals surface area (Å²) in [6, 6.07) is 71.5. The summed E-state index contributed by atoms with van der Waals surface area (Å²) in [4.78, 5) is 44.4. The Morgan fingerprint density at radius 3 is 0.989 bits per heavy atom.